The summed E-state index contributed by atoms with van der Waals surface area (Å²) in [5, 5.41) is 6.92. The van der Waals surface area contributed by atoms with Gasteiger partial charge in [0.15, 0.2) is 5.96 Å². The van der Waals surface area contributed by atoms with E-state index in [1.807, 2.05) is 7.05 Å². The summed E-state index contributed by atoms with van der Waals surface area (Å²) in [6, 6.07) is 0. The summed E-state index contributed by atoms with van der Waals surface area (Å²) in [5.41, 5.74) is 0.515. The second-order valence-electron chi connectivity index (χ2n) is 6.07. The highest BCUT2D eigenvalue weighted by Crippen LogP contribution is 2.40. The topological polar surface area (TPSA) is 39.7 Å². The lowest BCUT2D eigenvalue weighted by molar-refractivity contribution is 0.283. The summed E-state index contributed by atoms with van der Waals surface area (Å²) in [6.07, 6.45) is 7.95. The van der Waals surface area contributed by atoms with Crippen LogP contribution in [0.3, 0.4) is 0 Å². The van der Waals surface area contributed by atoms with Crippen LogP contribution in [0.1, 0.15) is 45.4 Å². The summed E-state index contributed by atoms with van der Waals surface area (Å²) in [4.78, 5) is 6.52. The molecular formula is C15H33IN4. The van der Waals surface area contributed by atoms with Crippen molar-refractivity contribution in [2.45, 2.75) is 45.4 Å². The number of aliphatic imine (C=N–C) groups is 1. The van der Waals surface area contributed by atoms with Crippen LogP contribution in [0.15, 0.2) is 4.99 Å². The van der Waals surface area contributed by atoms with Crippen molar-refractivity contribution in [2.75, 3.05) is 40.8 Å². The van der Waals surface area contributed by atoms with Crippen LogP contribution in [-0.2, 0) is 0 Å². The zero-order valence-corrected chi connectivity index (χ0v) is 16.0. The molecule has 1 fully saturated rings. The minimum Gasteiger partial charge on any atom is -0.356 e. The van der Waals surface area contributed by atoms with Gasteiger partial charge in [0, 0.05) is 20.1 Å². The van der Waals surface area contributed by atoms with Crippen molar-refractivity contribution in [1.29, 1.82) is 0 Å². The van der Waals surface area contributed by atoms with Crippen LogP contribution in [0.5, 0.6) is 0 Å². The molecule has 0 bridgehead atoms. The van der Waals surface area contributed by atoms with Gasteiger partial charge in [0.1, 0.15) is 0 Å². The Bertz CT molecular complexity index is 273. The third kappa shape index (κ3) is 7.11. The Labute approximate surface area is 142 Å². The van der Waals surface area contributed by atoms with E-state index < -0.39 is 0 Å². The molecule has 1 rings (SSSR count). The van der Waals surface area contributed by atoms with Gasteiger partial charge in [-0.2, -0.15) is 0 Å². The molecule has 0 saturated heterocycles. The van der Waals surface area contributed by atoms with Crippen LogP contribution in [0.4, 0.5) is 0 Å². The zero-order chi connectivity index (χ0) is 14.1. The molecule has 0 atom stereocenters. The van der Waals surface area contributed by atoms with Crippen molar-refractivity contribution in [1.82, 2.24) is 15.5 Å². The average Bonchev–Trinajstić information content (AvgIpc) is 2.87. The van der Waals surface area contributed by atoms with Crippen molar-refractivity contribution >= 4 is 29.9 Å². The second kappa shape index (κ2) is 10.7. The summed E-state index contributed by atoms with van der Waals surface area (Å²) >= 11 is 0. The predicted octanol–water partition coefficient (Wildman–Crippen LogP) is 2.69. The first-order valence-electron chi connectivity index (χ1n) is 7.71. The maximum atomic E-state index is 4.31. The van der Waals surface area contributed by atoms with Crippen LogP contribution < -0.4 is 10.6 Å². The largest absolute Gasteiger partial charge is 0.356 e. The summed E-state index contributed by atoms with van der Waals surface area (Å²) in [5.74, 6) is 0.957. The molecule has 0 aromatic carbocycles. The maximum absolute atomic E-state index is 4.31. The van der Waals surface area contributed by atoms with Crippen molar-refractivity contribution < 1.29 is 0 Å². The third-order valence-electron chi connectivity index (χ3n) is 4.34. The average molecular weight is 396 g/mol. The fraction of sp³-hybridized carbons (Fsp3) is 0.933. The Hall–Kier alpha value is -0.0400. The fourth-order valence-corrected chi connectivity index (χ4v) is 2.87. The molecule has 0 heterocycles. The highest BCUT2D eigenvalue weighted by molar-refractivity contribution is 14.0. The Balaban J connectivity index is 0.00000361. The molecule has 0 aliphatic heterocycles. The fourth-order valence-electron chi connectivity index (χ4n) is 2.87. The highest BCUT2D eigenvalue weighted by atomic mass is 127. The third-order valence-corrected chi connectivity index (χ3v) is 4.34. The van der Waals surface area contributed by atoms with E-state index in [0.717, 1.165) is 32.0 Å². The Kier molecular flexibility index (Phi) is 10.6. The summed E-state index contributed by atoms with van der Waals surface area (Å²) in [6.45, 7) is 5.48. The molecule has 120 valence electrons. The van der Waals surface area contributed by atoms with Crippen LogP contribution in [0.2, 0.25) is 0 Å². The standard InChI is InChI=1S/C15H32N4.HI/c1-5-15(9-6-7-10-15)13-18-14(16-2)17-11-8-12-19(3)4;/h5-13H2,1-4H3,(H2,16,17,18);1H. The van der Waals surface area contributed by atoms with E-state index in [1.165, 1.54) is 32.1 Å². The van der Waals surface area contributed by atoms with Crippen LogP contribution >= 0.6 is 24.0 Å². The first-order chi connectivity index (χ1) is 9.12. The van der Waals surface area contributed by atoms with E-state index >= 15 is 0 Å². The van der Waals surface area contributed by atoms with Crippen LogP contribution in [0, 0.1) is 5.41 Å². The molecule has 0 radical (unpaired) electrons. The number of nitrogens with one attached hydrogen (secondary N) is 2. The lowest BCUT2D eigenvalue weighted by atomic mass is 9.83. The molecule has 1 saturated carbocycles. The van der Waals surface area contributed by atoms with Crippen LogP contribution in [0.25, 0.3) is 0 Å². The molecule has 4 nitrogen and oxygen atoms in total. The second-order valence-corrected chi connectivity index (χ2v) is 6.07. The molecule has 0 aromatic heterocycles. The molecule has 5 heteroatoms. The molecule has 20 heavy (non-hydrogen) atoms. The van der Waals surface area contributed by atoms with Gasteiger partial charge < -0.3 is 15.5 Å². The molecule has 0 spiro atoms. The van der Waals surface area contributed by atoms with Gasteiger partial charge in [0.05, 0.1) is 0 Å². The van der Waals surface area contributed by atoms with E-state index in [4.69, 9.17) is 0 Å². The Morgan fingerprint density at radius 3 is 2.35 bits per heavy atom. The van der Waals surface area contributed by atoms with Gasteiger partial charge in [0.2, 0.25) is 0 Å². The number of guanidine groups is 1. The Morgan fingerprint density at radius 1 is 1.20 bits per heavy atom. The van der Waals surface area contributed by atoms with Crippen LogP contribution in [-0.4, -0.2) is 51.6 Å². The highest BCUT2D eigenvalue weighted by Gasteiger charge is 2.31. The number of hydrogen-bond donors (Lipinski definition) is 2. The minimum absolute atomic E-state index is 0. The number of nitrogens with zero attached hydrogens (tertiary/aromatic N) is 2. The van der Waals surface area contributed by atoms with E-state index in [1.54, 1.807) is 0 Å². The molecular weight excluding hydrogens is 363 g/mol. The zero-order valence-electron chi connectivity index (χ0n) is 13.7. The lowest BCUT2D eigenvalue weighted by Gasteiger charge is -2.28. The first kappa shape index (κ1) is 20.0. The van der Waals surface area contributed by atoms with Crippen molar-refractivity contribution in [3.05, 3.63) is 0 Å². The molecule has 0 aromatic rings. The van der Waals surface area contributed by atoms with Gasteiger partial charge >= 0.3 is 0 Å². The number of hydrogen-bond acceptors (Lipinski definition) is 2. The van der Waals surface area contributed by atoms with E-state index in [-0.39, 0.29) is 24.0 Å². The number of halogens is 1. The lowest BCUT2D eigenvalue weighted by Crippen LogP contribution is -2.43. The van der Waals surface area contributed by atoms with E-state index in [9.17, 15) is 0 Å². The molecule has 0 unspecified atom stereocenters. The minimum atomic E-state index is 0. The SMILES string of the molecule is CCC1(CNC(=NC)NCCCN(C)C)CCCC1.I. The van der Waals surface area contributed by atoms with Crippen molar-refractivity contribution in [3.8, 4) is 0 Å². The first-order valence-corrected chi connectivity index (χ1v) is 7.71. The van der Waals surface area contributed by atoms with E-state index in [2.05, 4.69) is 41.5 Å². The van der Waals surface area contributed by atoms with Gasteiger partial charge in [-0.25, -0.2) is 0 Å². The molecule has 1 aliphatic rings. The van der Waals surface area contributed by atoms with Gasteiger partial charge in [0.25, 0.3) is 0 Å². The van der Waals surface area contributed by atoms with Crippen molar-refractivity contribution in [3.63, 3.8) is 0 Å². The molecule has 1 aliphatic carbocycles. The Morgan fingerprint density at radius 2 is 1.85 bits per heavy atom. The quantitative estimate of drug-likeness (QED) is 0.301. The molecule has 2 N–H and O–H groups in total. The number of rotatable bonds is 7. The van der Waals surface area contributed by atoms with Gasteiger partial charge in [-0.05, 0) is 51.7 Å². The maximum Gasteiger partial charge on any atom is 0.190 e. The molecule has 0 amide bonds. The normalized spacial score (nSPS) is 17.9. The van der Waals surface area contributed by atoms with Crippen molar-refractivity contribution in [2.24, 2.45) is 10.4 Å². The summed E-state index contributed by atoms with van der Waals surface area (Å²) < 4.78 is 0. The van der Waals surface area contributed by atoms with Gasteiger partial charge in [-0.3, -0.25) is 4.99 Å². The summed E-state index contributed by atoms with van der Waals surface area (Å²) in [7, 11) is 6.07. The predicted molar refractivity (Wildman–Crippen MR) is 99.1 cm³/mol. The van der Waals surface area contributed by atoms with Gasteiger partial charge in [-0.15, -0.1) is 24.0 Å². The smallest absolute Gasteiger partial charge is 0.190 e. The van der Waals surface area contributed by atoms with E-state index in [0.29, 0.717) is 5.41 Å². The van der Waals surface area contributed by atoms with Gasteiger partial charge in [-0.1, -0.05) is 19.8 Å². The monoisotopic (exact) mass is 396 g/mol.